The van der Waals surface area contributed by atoms with Gasteiger partial charge in [0.1, 0.15) is 0 Å². The Bertz CT molecular complexity index is 1310. The number of imidazole rings is 1. The summed E-state index contributed by atoms with van der Waals surface area (Å²) in [6.07, 6.45) is 6.87. The highest BCUT2D eigenvalue weighted by atomic mass is 35.5. The minimum absolute atomic E-state index is 0. The number of rotatable bonds is 4. The number of carbonyl (C=O) groups is 1. The number of carbonyl (C=O) groups excluding carboxylic acids is 1. The molecule has 7 nitrogen and oxygen atoms in total. The molecule has 2 N–H and O–H groups in total. The summed E-state index contributed by atoms with van der Waals surface area (Å²) in [4.78, 5) is 21.1. The molecule has 0 bridgehead atoms. The van der Waals surface area contributed by atoms with E-state index in [1.807, 2.05) is 22.6 Å². The molecule has 2 aromatic carbocycles. The molecular formula is C23H21ClFN5O2. The summed E-state index contributed by atoms with van der Waals surface area (Å²) in [5.41, 5.74) is 4.57. The largest absolute Gasteiger partial charge is 0.494 e. The first-order valence-electron chi connectivity index (χ1n) is 9.98. The summed E-state index contributed by atoms with van der Waals surface area (Å²) >= 11 is 0. The topological polar surface area (TPSA) is 80.5 Å². The van der Waals surface area contributed by atoms with Gasteiger partial charge in [-0.05, 0) is 54.8 Å². The molecule has 0 spiro atoms. The van der Waals surface area contributed by atoms with Crippen molar-refractivity contribution in [1.29, 1.82) is 0 Å². The zero-order valence-electron chi connectivity index (χ0n) is 17.3. The number of aromatic nitrogens is 3. The molecule has 5 rings (SSSR count). The van der Waals surface area contributed by atoms with Gasteiger partial charge >= 0.3 is 0 Å². The normalized spacial score (nSPS) is 13.0. The molecule has 1 aliphatic rings. The fourth-order valence-corrected chi connectivity index (χ4v) is 3.86. The number of fused-ring (bicyclic) bond motifs is 2. The van der Waals surface area contributed by atoms with Crippen LogP contribution in [0.5, 0.6) is 5.75 Å². The monoisotopic (exact) mass is 453 g/mol. The van der Waals surface area contributed by atoms with Gasteiger partial charge in [0.15, 0.2) is 23.0 Å². The predicted molar refractivity (Wildman–Crippen MR) is 123 cm³/mol. The Morgan fingerprint density at radius 2 is 2.06 bits per heavy atom. The maximum atomic E-state index is 14.2. The molecule has 164 valence electrons. The van der Waals surface area contributed by atoms with Gasteiger partial charge < -0.3 is 15.4 Å². The number of hydrogen-bond acceptors (Lipinski definition) is 5. The molecule has 0 fully saturated rings. The summed E-state index contributed by atoms with van der Waals surface area (Å²) in [6.45, 7) is 0.681. The molecule has 0 aliphatic carbocycles. The van der Waals surface area contributed by atoms with Crippen molar-refractivity contribution in [2.75, 3.05) is 19.0 Å². The lowest BCUT2D eigenvalue weighted by Crippen LogP contribution is -2.22. The summed E-state index contributed by atoms with van der Waals surface area (Å²) < 4.78 is 21.1. The maximum absolute atomic E-state index is 14.2. The van der Waals surface area contributed by atoms with Crippen molar-refractivity contribution in [1.82, 2.24) is 19.7 Å². The van der Waals surface area contributed by atoms with Crippen molar-refractivity contribution < 1.29 is 13.9 Å². The standard InChI is InChI=1S/C23H20FN5O2.ClH/c1-31-20-7-4-15(12-18(20)24)19-13-27-22-21(25-9-10-29(19)22)28-16-5-6-17-14(11-16)3-2-8-26-23(17)30;/h4-7,9-13H,2-3,8H2,1H3,(H,25,28)(H,26,30);1H. The second kappa shape index (κ2) is 8.84. The van der Waals surface area contributed by atoms with E-state index in [2.05, 4.69) is 20.6 Å². The summed E-state index contributed by atoms with van der Waals surface area (Å²) in [5, 5.41) is 6.21. The first-order valence-corrected chi connectivity index (χ1v) is 9.98. The minimum atomic E-state index is -0.434. The summed E-state index contributed by atoms with van der Waals surface area (Å²) in [5.74, 6) is 0.291. The van der Waals surface area contributed by atoms with Crippen LogP contribution in [0.25, 0.3) is 16.9 Å². The number of anilines is 2. The fraction of sp³-hybridized carbons (Fsp3) is 0.174. The first kappa shape index (κ1) is 21.6. The number of hydrogen-bond donors (Lipinski definition) is 2. The molecule has 0 unspecified atom stereocenters. The molecule has 1 aliphatic heterocycles. The number of ether oxygens (including phenoxy) is 1. The molecule has 32 heavy (non-hydrogen) atoms. The molecule has 0 atom stereocenters. The average molecular weight is 454 g/mol. The Labute approximate surface area is 190 Å². The van der Waals surface area contributed by atoms with E-state index >= 15 is 0 Å². The molecule has 0 saturated carbocycles. The van der Waals surface area contributed by atoms with Crippen LogP contribution in [-0.4, -0.2) is 33.9 Å². The quantitative estimate of drug-likeness (QED) is 0.479. The van der Waals surface area contributed by atoms with E-state index < -0.39 is 5.82 Å². The SMILES string of the molecule is COc1ccc(-c2cnc3c(Nc4ccc5c(c4)CCCNC5=O)nccn23)cc1F.Cl. The Morgan fingerprint density at radius 3 is 2.88 bits per heavy atom. The van der Waals surface area contributed by atoms with Crippen molar-refractivity contribution >= 4 is 35.5 Å². The van der Waals surface area contributed by atoms with Gasteiger partial charge in [0, 0.05) is 35.8 Å². The van der Waals surface area contributed by atoms with Gasteiger partial charge in [0.25, 0.3) is 5.91 Å². The summed E-state index contributed by atoms with van der Waals surface area (Å²) in [6, 6.07) is 10.5. The highest BCUT2D eigenvalue weighted by molar-refractivity contribution is 5.96. The van der Waals surface area contributed by atoms with Gasteiger partial charge in [-0.2, -0.15) is 0 Å². The second-order valence-electron chi connectivity index (χ2n) is 7.32. The lowest BCUT2D eigenvalue weighted by Gasteiger charge is -2.11. The number of aryl methyl sites for hydroxylation is 1. The third-order valence-electron chi connectivity index (χ3n) is 5.40. The van der Waals surface area contributed by atoms with Crippen molar-refractivity contribution in [2.24, 2.45) is 0 Å². The molecular weight excluding hydrogens is 433 g/mol. The minimum Gasteiger partial charge on any atom is -0.494 e. The van der Waals surface area contributed by atoms with Crippen molar-refractivity contribution in [3.05, 3.63) is 71.9 Å². The highest BCUT2D eigenvalue weighted by Gasteiger charge is 2.16. The van der Waals surface area contributed by atoms with Crippen LogP contribution in [0.4, 0.5) is 15.9 Å². The van der Waals surface area contributed by atoms with E-state index in [0.29, 0.717) is 29.1 Å². The third-order valence-corrected chi connectivity index (χ3v) is 5.40. The predicted octanol–water partition coefficient (Wildman–Crippen LogP) is 4.39. The Kier molecular flexibility index (Phi) is 5.96. The zero-order chi connectivity index (χ0) is 21.4. The lowest BCUT2D eigenvalue weighted by molar-refractivity contribution is 0.0956. The van der Waals surface area contributed by atoms with E-state index in [4.69, 9.17) is 4.74 Å². The van der Waals surface area contributed by atoms with Crippen molar-refractivity contribution in [2.45, 2.75) is 12.8 Å². The number of benzene rings is 2. The Balaban J connectivity index is 0.00000245. The van der Waals surface area contributed by atoms with Gasteiger partial charge in [-0.1, -0.05) is 0 Å². The van der Waals surface area contributed by atoms with Gasteiger partial charge in [-0.15, -0.1) is 12.4 Å². The van der Waals surface area contributed by atoms with Gasteiger partial charge in [-0.3, -0.25) is 9.20 Å². The molecule has 3 heterocycles. The number of nitrogens with zero attached hydrogens (tertiary/aromatic N) is 3. The molecule has 0 radical (unpaired) electrons. The van der Waals surface area contributed by atoms with Gasteiger partial charge in [0.2, 0.25) is 0 Å². The van der Waals surface area contributed by atoms with E-state index in [9.17, 15) is 9.18 Å². The fourth-order valence-electron chi connectivity index (χ4n) is 3.86. The van der Waals surface area contributed by atoms with Crippen LogP contribution < -0.4 is 15.4 Å². The van der Waals surface area contributed by atoms with Crippen LogP contribution in [-0.2, 0) is 6.42 Å². The molecule has 9 heteroatoms. The number of methoxy groups -OCH3 is 1. The molecule has 2 aromatic heterocycles. The van der Waals surface area contributed by atoms with Crippen molar-refractivity contribution in [3.63, 3.8) is 0 Å². The van der Waals surface area contributed by atoms with Crippen LogP contribution in [0.15, 0.2) is 55.0 Å². The smallest absolute Gasteiger partial charge is 0.251 e. The zero-order valence-corrected chi connectivity index (χ0v) is 18.1. The molecule has 1 amide bonds. The number of halogens is 2. The highest BCUT2D eigenvalue weighted by Crippen LogP contribution is 2.29. The van der Waals surface area contributed by atoms with E-state index in [-0.39, 0.29) is 24.1 Å². The second-order valence-corrected chi connectivity index (χ2v) is 7.32. The van der Waals surface area contributed by atoms with Crippen LogP contribution in [0, 0.1) is 5.82 Å². The summed E-state index contributed by atoms with van der Waals surface area (Å²) in [7, 11) is 1.44. The molecule has 0 saturated heterocycles. The van der Waals surface area contributed by atoms with Crippen LogP contribution in [0.1, 0.15) is 22.3 Å². The van der Waals surface area contributed by atoms with E-state index in [0.717, 1.165) is 29.8 Å². The first-order chi connectivity index (χ1) is 15.1. The van der Waals surface area contributed by atoms with Gasteiger partial charge in [-0.25, -0.2) is 14.4 Å². The number of amides is 1. The number of nitrogens with one attached hydrogen (secondary N) is 2. The lowest BCUT2D eigenvalue weighted by atomic mass is 10.0. The Hall–Kier alpha value is -3.65. The van der Waals surface area contributed by atoms with Gasteiger partial charge in [0.05, 0.1) is 19.0 Å². The van der Waals surface area contributed by atoms with Crippen LogP contribution in [0.3, 0.4) is 0 Å². The van der Waals surface area contributed by atoms with Crippen molar-refractivity contribution in [3.8, 4) is 17.0 Å². The van der Waals surface area contributed by atoms with E-state index in [1.54, 1.807) is 30.7 Å². The third kappa shape index (κ3) is 3.85. The average Bonchev–Trinajstić information content (AvgIpc) is 3.13. The Morgan fingerprint density at radius 1 is 1.19 bits per heavy atom. The van der Waals surface area contributed by atoms with Crippen LogP contribution in [0.2, 0.25) is 0 Å². The molecule has 4 aromatic rings. The maximum Gasteiger partial charge on any atom is 0.251 e. The van der Waals surface area contributed by atoms with E-state index in [1.165, 1.54) is 13.2 Å². The van der Waals surface area contributed by atoms with Crippen LogP contribution >= 0.6 is 12.4 Å².